The Morgan fingerprint density at radius 2 is 2.07 bits per heavy atom. The zero-order chi connectivity index (χ0) is 11.3. The van der Waals surface area contributed by atoms with Crippen molar-refractivity contribution in [3.63, 3.8) is 0 Å². The first-order valence-corrected chi connectivity index (χ1v) is 5.98. The van der Waals surface area contributed by atoms with Gasteiger partial charge >= 0.3 is 0 Å². The van der Waals surface area contributed by atoms with Crippen molar-refractivity contribution < 1.29 is 10.2 Å². The van der Waals surface area contributed by atoms with E-state index in [1.54, 1.807) is 6.08 Å². The van der Waals surface area contributed by atoms with Gasteiger partial charge in [-0.1, -0.05) is 20.3 Å². The van der Waals surface area contributed by atoms with Gasteiger partial charge in [-0.05, 0) is 43.8 Å². The summed E-state index contributed by atoms with van der Waals surface area (Å²) in [5, 5.41) is 19.7. The fourth-order valence-corrected chi connectivity index (χ4v) is 1.84. The van der Waals surface area contributed by atoms with Crippen molar-refractivity contribution in [1.82, 2.24) is 0 Å². The first-order chi connectivity index (χ1) is 7.11. The van der Waals surface area contributed by atoms with Gasteiger partial charge in [0.2, 0.25) is 0 Å². The SMILES string of the molecule is CCC(O)(C=C=C1CCCC[C@H]1O)CC. The van der Waals surface area contributed by atoms with Crippen molar-refractivity contribution in [2.45, 2.75) is 64.1 Å². The summed E-state index contributed by atoms with van der Waals surface area (Å²) in [7, 11) is 0. The van der Waals surface area contributed by atoms with Crippen molar-refractivity contribution in [1.29, 1.82) is 0 Å². The quantitative estimate of drug-likeness (QED) is 0.703. The largest absolute Gasteiger partial charge is 0.388 e. The highest BCUT2D eigenvalue weighted by Gasteiger charge is 2.19. The van der Waals surface area contributed by atoms with Crippen LogP contribution in [0, 0.1) is 0 Å². The molecule has 0 amide bonds. The first kappa shape index (κ1) is 12.5. The number of aliphatic hydroxyl groups excluding tert-OH is 1. The molecule has 1 aliphatic carbocycles. The number of aliphatic hydroxyl groups is 2. The summed E-state index contributed by atoms with van der Waals surface area (Å²) in [6, 6.07) is 0. The molecule has 0 radical (unpaired) electrons. The van der Waals surface area contributed by atoms with Crippen LogP contribution in [0.1, 0.15) is 52.4 Å². The van der Waals surface area contributed by atoms with Gasteiger partial charge in [0.05, 0.1) is 11.7 Å². The summed E-state index contributed by atoms with van der Waals surface area (Å²) in [5.41, 5.74) is 3.32. The minimum absolute atomic E-state index is 0.340. The molecule has 0 aromatic rings. The molecule has 0 bridgehead atoms. The molecule has 1 aliphatic rings. The van der Waals surface area contributed by atoms with E-state index in [4.69, 9.17) is 0 Å². The molecule has 1 atom stereocenters. The summed E-state index contributed by atoms with van der Waals surface area (Å²) in [5.74, 6) is 0. The Morgan fingerprint density at radius 3 is 2.60 bits per heavy atom. The van der Waals surface area contributed by atoms with E-state index in [9.17, 15) is 10.2 Å². The number of rotatable bonds is 3. The van der Waals surface area contributed by atoms with Crippen LogP contribution in [-0.2, 0) is 0 Å². The molecule has 86 valence electrons. The van der Waals surface area contributed by atoms with Gasteiger partial charge < -0.3 is 10.2 Å². The number of hydrogen-bond acceptors (Lipinski definition) is 2. The summed E-state index contributed by atoms with van der Waals surface area (Å²) < 4.78 is 0. The van der Waals surface area contributed by atoms with Gasteiger partial charge in [0.25, 0.3) is 0 Å². The van der Waals surface area contributed by atoms with E-state index in [0.29, 0.717) is 12.8 Å². The van der Waals surface area contributed by atoms with Gasteiger partial charge in [0.15, 0.2) is 0 Å². The van der Waals surface area contributed by atoms with Gasteiger partial charge in [0.1, 0.15) is 0 Å². The standard InChI is InChI=1S/C13H22O2/c1-3-13(15,4-2)10-9-11-7-5-6-8-12(11)14/h10,12,14-15H,3-8H2,1-2H3/t9?,12-/m1/s1. The van der Waals surface area contributed by atoms with Crippen LogP contribution in [0.5, 0.6) is 0 Å². The minimum Gasteiger partial charge on any atom is -0.388 e. The molecule has 2 N–H and O–H groups in total. The van der Waals surface area contributed by atoms with E-state index in [0.717, 1.165) is 31.3 Å². The van der Waals surface area contributed by atoms with E-state index in [-0.39, 0.29) is 6.10 Å². The van der Waals surface area contributed by atoms with Crippen molar-refractivity contribution in [2.75, 3.05) is 0 Å². The van der Waals surface area contributed by atoms with Gasteiger partial charge in [-0.25, -0.2) is 0 Å². The van der Waals surface area contributed by atoms with Crippen LogP contribution in [0.15, 0.2) is 17.4 Å². The Labute approximate surface area is 92.3 Å². The van der Waals surface area contributed by atoms with Crippen LogP contribution in [0.25, 0.3) is 0 Å². The molecule has 1 rings (SSSR count). The third-order valence-corrected chi connectivity index (χ3v) is 3.33. The fourth-order valence-electron chi connectivity index (χ4n) is 1.84. The lowest BCUT2D eigenvalue weighted by Crippen LogP contribution is -2.23. The fraction of sp³-hybridized carbons (Fsp3) is 0.769. The Kier molecular flexibility index (Phi) is 4.59. The monoisotopic (exact) mass is 210 g/mol. The smallest absolute Gasteiger partial charge is 0.0895 e. The van der Waals surface area contributed by atoms with Crippen molar-refractivity contribution in [3.8, 4) is 0 Å². The van der Waals surface area contributed by atoms with E-state index in [2.05, 4.69) is 5.73 Å². The van der Waals surface area contributed by atoms with Crippen LogP contribution in [-0.4, -0.2) is 21.9 Å². The maximum atomic E-state index is 10.0. The van der Waals surface area contributed by atoms with Crippen LogP contribution in [0.4, 0.5) is 0 Å². The summed E-state index contributed by atoms with van der Waals surface area (Å²) in [6.45, 7) is 3.92. The second-order valence-electron chi connectivity index (χ2n) is 4.39. The van der Waals surface area contributed by atoms with E-state index >= 15 is 0 Å². The molecular formula is C13H22O2. The van der Waals surface area contributed by atoms with E-state index in [1.807, 2.05) is 13.8 Å². The molecule has 1 fully saturated rings. The minimum atomic E-state index is -0.746. The van der Waals surface area contributed by atoms with Crippen LogP contribution < -0.4 is 0 Å². The first-order valence-electron chi connectivity index (χ1n) is 5.98. The molecule has 0 spiro atoms. The molecule has 0 aliphatic heterocycles. The van der Waals surface area contributed by atoms with Gasteiger partial charge in [0, 0.05) is 0 Å². The lowest BCUT2D eigenvalue weighted by molar-refractivity contribution is 0.0828. The molecule has 0 unspecified atom stereocenters. The molecule has 1 saturated carbocycles. The van der Waals surface area contributed by atoms with Crippen molar-refractivity contribution >= 4 is 0 Å². The van der Waals surface area contributed by atoms with Gasteiger partial charge in [-0.2, -0.15) is 0 Å². The van der Waals surface area contributed by atoms with Crippen molar-refractivity contribution in [3.05, 3.63) is 17.4 Å². The predicted octanol–water partition coefficient (Wildman–Crippen LogP) is 2.55. The summed E-state index contributed by atoms with van der Waals surface area (Å²) in [6.07, 6.45) is 6.76. The number of hydrogen-bond donors (Lipinski definition) is 2. The van der Waals surface area contributed by atoms with E-state index < -0.39 is 5.60 Å². The average Bonchev–Trinajstić information content (AvgIpc) is 2.28. The predicted molar refractivity (Wildman–Crippen MR) is 61.6 cm³/mol. The maximum absolute atomic E-state index is 10.0. The molecular weight excluding hydrogens is 188 g/mol. The molecule has 0 aromatic heterocycles. The molecule has 2 heteroatoms. The van der Waals surface area contributed by atoms with Crippen LogP contribution in [0.3, 0.4) is 0 Å². The average molecular weight is 210 g/mol. The van der Waals surface area contributed by atoms with Crippen LogP contribution in [0.2, 0.25) is 0 Å². The van der Waals surface area contributed by atoms with Crippen LogP contribution >= 0.6 is 0 Å². The summed E-state index contributed by atoms with van der Waals surface area (Å²) in [4.78, 5) is 0. The Balaban J connectivity index is 2.79. The molecule has 0 heterocycles. The molecule has 0 aromatic carbocycles. The Morgan fingerprint density at radius 1 is 1.40 bits per heavy atom. The summed E-state index contributed by atoms with van der Waals surface area (Å²) >= 11 is 0. The lowest BCUT2D eigenvalue weighted by atomic mass is 9.91. The Bertz CT molecular complexity index is 258. The Hall–Kier alpha value is -0.560. The van der Waals surface area contributed by atoms with Gasteiger partial charge in [-0.15, -0.1) is 5.73 Å². The third kappa shape index (κ3) is 3.49. The highest BCUT2D eigenvalue weighted by atomic mass is 16.3. The molecule has 2 nitrogen and oxygen atoms in total. The topological polar surface area (TPSA) is 40.5 Å². The lowest BCUT2D eigenvalue weighted by Gasteiger charge is -2.21. The van der Waals surface area contributed by atoms with Crippen molar-refractivity contribution in [2.24, 2.45) is 0 Å². The normalized spacial score (nSPS) is 22.4. The molecule has 15 heavy (non-hydrogen) atoms. The second kappa shape index (κ2) is 5.50. The molecule has 0 saturated heterocycles. The third-order valence-electron chi connectivity index (χ3n) is 3.33. The zero-order valence-corrected chi connectivity index (χ0v) is 9.79. The highest BCUT2D eigenvalue weighted by Crippen LogP contribution is 2.23. The maximum Gasteiger partial charge on any atom is 0.0895 e. The van der Waals surface area contributed by atoms with E-state index in [1.165, 1.54) is 0 Å². The highest BCUT2D eigenvalue weighted by molar-refractivity contribution is 5.13. The second-order valence-corrected chi connectivity index (χ2v) is 4.39. The zero-order valence-electron chi connectivity index (χ0n) is 9.79. The van der Waals surface area contributed by atoms with Gasteiger partial charge in [-0.3, -0.25) is 0 Å².